The van der Waals surface area contributed by atoms with Gasteiger partial charge in [-0.2, -0.15) is 0 Å². The van der Waals surface area contributed by atoms with Gasteiger partial charge >= 0.3 is 0 Å². The van der Waals surface area contributed by atoms with E-state index in [0.29, 0.717) is 12.2 Å². The van der Waals surface area contributed by atoms with Crippen molar-refractivity contribution < 1.29 is 22.7 Å². The number of hydrogen-bond acceptors (Lipinski definition) is 5. The lowest BCUT2D eigenvalue weighted by Crippen LogP contribution is -2.49. The molecule has 9 heteroatoms. The van der Waals surface area contributed by atoms with Gasteiger partial charge in [-0.15, -0.1) is 0 Å². The number of methoxy groups -OCH3 is 1. The predicted molar refractivity (Wildman–Crippen MR) is 139 cm³/mol. The Morgan fingerprint density at radius 1 is 1.08 bits per heavy atom. The first-order valence-corrected chi connectivity index (χ1v) is 13.9. The van der Waals surface area contributed by atoms with Crippen LogP contribution in [0.2, 0.25) is 0 Å². The molecule has 0 saturated heterocycles. The molecule has 0 radical (unpaired) electrons. The zero-order valence-electron chi connectivity index (χ0n) is 21.4. The summed E-state index contributed by atoms with van der Waals surface area (Å²) in [5.74, 6) is 0.315. The van der Waals surface area contributed by atoms with Gasteiger partial charge in [-0.25, -0.2) is 12.7 Å². The number of sulfonamides is 1. The highest BCUT2D eigenvalue weighted by Gasteiger charge is 2.29. The molecule has 1 aliphatic carbocycles. The molecule has 2 aromatic carbocycles. The van der Waals surface area contributed by atoms with Gasteiger partial charge in [-0.3, -0.25) is 9.59 Å². The third-order valence-corrected chi connectivity index (χ3v) is 8.54. The van der Waals surface area contributed by atoms with E-state index in [4.69, 9.17) is 4.74 Å². The van der Waals surface area contributed by atoms with E-state index in [2.05, 4.69) is 5.32 Å². The molecule has 1 N–H and O–H groups in total. The Kier molecular flexibility index (Phi) is 9.89. The molecular weight excluding hydrogens is 478 g/mol. The second-order valence-corrected chi connectivity index (χ2v) is 11.3. The maximum absolute atomic E-state index is 13.3. The topological polar surface area (TPSA) is 96.0 Å². The molecule has 1 fully saturated rings. The van der Waals surface area contributed by atoms with E-state index in [1.807, 2.05) is 24.3 Å². The van der Waals surface area contributed by atoms with Crippen LogP contribution >= 0.6 is 0 Å². The van der Waals surface area contributed by atoms with Gasteiger partial charge in [0.15, 0.2) is 0 Å². The quantitative estimate of drug-likeness (QED) is 0.466. The van der Waals surface area contributed by atoms with Crippen LogP contribution in [0.3, 0.4) is 0 Å². The number of nitrogens with one attached hydrogen (secondary N) is 1. The summed E-state index contributed by atoms with van der Waals surface area (Å²) < 4.78 is 32.1. The minimum Gasteiger partial charge on any atom is -0.497 e. The van der Waals surface area contributed by atoms with Gasteiger partial charge in [0.1, 0.15) is 11.8 Å². The molecule has 196 valence electrons. The van der Waals surface area contributed by atoms with Crippen LogP contribution in [0.25, 0.3) is 0 Å². The fraction of sp³-hybridized carbons (Fsp3) is 0.481. The van der Waals surface area contributed by atoms with Gasteiger partial charge in [0.2, 0.25) is 21.8 Å². The normalized spacial score (nSPS) is 15.0. The highest BCUT2D eigenvalue weighted by atomic mass is 32.2. The largest absolute Gasteiger partial charge is 0.497 e. The molecule has 0 aromatic heterocycles. The molecule has 3 rings (SSSR count). The molecular formula is C27H37N3O5S. The number of carbonyl (C=O) groups excluding carboxylic acids is 2. The Hall–Kier alpha value is -2.91. The van der Waals surface area contributed by atoms with Gasteiger partial charge in [-0.1, -0.05) is 43.2 Å². The standard InChI is InChI=1S/C27H37N3O5S/c1-21(27(32)28-23-12-7-8-13-23)30(20-22-11-9-14-24(19-22)35-3)26(31)17-10-18-29(2)36(33,34)25-15-5-4-6-16-25/h4-6,9,11,14-16,19,21,23H,7-8,10,12-13,17-18,20H2,1-3H3,(H,28,32). The summed E-state index contributed by atoms with van der Waals surface area (Å²) in [6.07, 6.45) is 4.60. The zero-order valence-corrected chi connectivity index (χ0v) is 22.2. The number of benzene rings is 2. The summed E-state index contributed by atoms with van der Waals surface area (Å²) >= 11 is 0. The third-order valence-electron chi connectivity index (χ3n) is 6.67. The summed E-state index contributed by atoms with van der Waals surface area (Å²) in [7, 11) is -0.531. The average molecular weight is 516 g/mol. The van der Waals surface area contributed by atoms with E-state index in [9.17, 15) is 18.0 Å². The Morgan fingerprint density at radius 3 is 2.44 bits per heavy atom. The Morgan fingerprint density at radius 2 is 1.78 bits per heavy atom. The first-order chi connectivity index (χ1) is 17.2. The lowest BCUT2D eigenvalue weighted by molar-refractivity contribution is -0.141. The van der Waals surface area contributed by atoms with Crippen molar-refractivity contribution in [3.8, 4) is 5.75 Å². The lowest BCUT2D eigenvalue weighted by Gasteiger charge is -2.30. The summed E-state index contributed by atoms with van der Waals surface area (Å²) in [4.78, 5) is 28.1. The molecule has 2 amide bonds. The van der Waals surface area contributed by atoms with Gasteiger partial charge in [-0.05, 0) is 56.0 Å². The number of nitrogens with zero attached hydrogens (tertiary/aromatic N) is 2. The summed E-state index contributed by atoms with van der Waals surface area (Å²) in [6, 6.07) is 15.1. The van der Waals surface area contributed by atoms with Crippen LogP contribution in [0.5, 0.6) is 5.75 Å². The van der Waals surface area contributed by atoms with E-state index in [-0.39, 0.29) is 42.3 Å². The second kappa shape index (κ2) is 12.9. The molecule has 0 spiro atoms. The maximum Gasteiger partial charge on any atom is 0.242 e. The Labute approximate surface area is 214 Å². The molecule has 36 heavy (non-hydrogen) atoms. The third kappa shape index (κ3) is 7.30. The van der Waals surface area contributed by atoms with Crippen LogP contribution in [0.1, 0.15) is 51.0 Å². The van der Waals surface area contributed by atoms with E-state index in [1.54, 1.807) is 49.3 Å². The molecule has 2 aromatic rings. The highest BCUT2D eigenvalue weighted by Crippen LogP contribution is 2.20. The van der Waals surface area contributed by atoms with Crippen LogP contribution < -0.4 is 10.1 Å². The van der Waals surface area contributed by atoms with Crippen molar-refractivity contribution in [3.05, 3.63) is 60.2 Å². The molecule has 0 heterocycles. The van der Waals surface area contributed by atoms with Crippen molar-refractivity contribution >= 4 is 21.8 Å². The average Bonchev–Trinajstić information content (AvgIpc) is 3.40. The van der Waals surface area contributed by atoms with Crippen LogP contribution in [0, 0.1) is 0 Å². The van der Waals surface area contributed by atoms with Crippen molar-refractivity contribution in [2.75, 3.05) is 20.7 Å². The molecule has 1 aliphatic rings. The first kappa shape index (κ1) is 27.7. The number of carbonyl (C=O) groups is 2. The van der Waals surface area contributed by atoms with E-state index in [1.165, 1.54) is 11.4 Å². The SMILES string of the molecule is COc1cccc(CN(C(=O)CCCN(C)S(=O)(=O)c2ccccc2)C(C)C(=O)NC2CCCC2)c1. The monoisotopic (exact) mass is 515 g/mol. The number of amides is 2. The van der Waals surface area contributed by atoms with E-state index in [0.717, 1.165) is 31.2 Å². The van der Waals surface area contributed by atoms with Crippen molar-refractivity contribution in [2.45, 2.75) is 69.0 Å². The second-order valence-electron chi connectivity index (χ2n) is 9.28. The lowest BCUT2D eigenvalue weighted by atomic mass is 10.1. The number of rotatable bonds is 12. The first-order valence-electron chi connectivity index (χ1n) is 12.5. The van der Waals surface area contributed by atoms with Crippen LogP contribution in [0.4, 0.5) is 0 Å². The fourth-order valence-electron chi connectivity index (χ4n) is 4.43. The van der Waals surface area contributed by atoms with Crippen LogP contribution in [0.15, 0.2) is 59.5 Å². The molecule has 0 aliphatic heterocycles. The zero-order chi connectivity index (χ0) is 26.1. The van der Waals surface area contributed by atoms with Gasteiger partial charge in [0.25, 0.3) is 0 Å². The van der Waals surface area contributed by atoms with Gasteiger partial charge < -0.3 is 15.0 Å². The van der Waals surface area contributed by atoms with Gasteiger partial charge in [0, 0.05) is 32.6 Å². The van der Waals surface area contributed by atoms with Crippen molar-refractivity contribution in [2.24, 2.45) is 0 Å². The Balaban J connectivity index is 1.67. The summed E-state index contributed by atoms with van der Waals surface area (Å²) in [6.45, 7) is 2.19. The van der Waals surface area contributed by atoms with Crippen LogP contribution in [-0.4, -0.2) is 62.2 Å². The molecule has 8 nitrogen and oxygen atoms in total. The number of ether oxygens (including phenoxy) is 1. The van der Waals surface area contributed by atoms with Crippen LogP contribution in [-0.2, 0) is 26.2 Å². The molecule has 1 saturated carbocycles. The van der Waals surface area contributed by atoms with E-state index >= 15 is 0 Å². The van der Waals surface area contributed by atoms with Crippen molar-refractivity contribution in [1.29, 1.82) is 0 Å². The van der Waals surface area contributed by atoms with Crippen molar-refractivity contribution in [1.82, 2.24) is 14.5 Å². The maximum atomic E-state index is 13.3. The van der Waals surface area contributed by atoms with Gasteiger partial charge in [0.05, 0.1) is 12.0 Å². The van der Waals surface area contributed by atoms with Crippen molar-refractivity contribution in [3.63, 3.8) is 0 Å². The molecule has 1 unspecified atom stereocenters. The molecule has 1 atom stereocenters. The minimum absolute atomic E-state index is 0.125. The Bertz CT molecular complexity index is 1120. The van der Waals surface area contributed by atoms with E-state index < -0.39 is 16.1 Å². The highest BCUT2D eigenvalue weighted by molar-refractivity contribution is 7.89. The predicted octanol–water partition coefficient (Wildman–Crippen LogP) is 3.57. The smallest absolute Gasteiger partial charge is 0.242 e. The number of hydrogen-bond donors (Lipinski definition) is 1. The summed E-state index contributed by atoms with van der Waals surface area (Å²) in [5, 5.41) is 3.09. The minimum atomic E-state index is -3.63. The molecule has 0 bridgehead atoms. The summed E-state index contributed by atoms with van der Waals surface area (Å²) in [5.41, 5.74) is 0.854. The fourth-order valence-corrected chi connectivity index (χ4v) is 5.66.